The van der Waals surface area contributed by atoms with E-state index < -0.39 is 0 Å². The number of oxazole rings is 1. The van der Waals surface area contributed by atoms with Gasteiger partial charge in [0, 0.05) is 33.1 Å². The molecule has 4 nitrogen and oxygen atoms in total. The van der Waals surface area contributed by atoms with Gasteiger partial charge in [0.1, 0.15) is 5.52 Å². The van der Waals surface area contributed by atoms with E-state index in [9.17, 15) is 0 Å². The molecule has 0 N–H and O–H groups in total. The maximum absolute atomic E-state index is 6.89. The zero-order chi connectivity index (χ0) is 34.9. The van der Waals surface area contributed by atoms with Crippen LogP contribution in [0.25, 0.3) is 82.4 Å². The zero-order valence-electron chi connectivity index (χ0n) is 28.6. The van der Waals surface area contributed by atoms with E-state index in [0.717, 1.165) is 61.1 Å². The normalized spacial score (nSPS) is 11.8. The second-order valence-electron chi connectivity index (χ2n) is 13.6. The molecule has 0 unspecified atom stereocenters. The Bertz CT molecular complexity index is 3190. The van der Waals surface area contributed by atoms with Crippen molar-refractivity contribution in [3.05, 3.63) is 188 Å². The van der Waals surface area contributed by atoms with Crippen molar-refractivity contribution in [2.24, 2.45) is 0 Å². The van der Waals surface area contributed by atoms with E-state index in [2.05, 4.69) is 191 Å². The average Bonchev–Trinajstić information content (AvgIpc) is 3.81. The molecule has 0 atom stereocenters. The molecule has 2 aromatic heterocycles. The number of aromatic nitrogens is 2. The Morgan fingerprint density at radius 2 is 1.13 bits per heavy atom. The van der Waals surface area contributed by atoms with Gasteiger partial charge >= 0.3 is 0 Å². The summed E-state index contributed by atoms with van der Waals surface area (Å²) in [7, 11) is 0. The zero-order valence-corrected chi connectivity index (χ0v) is 28.6. The molecule has 0 aliphatic carbocycles. The van der Waals surface area contributed by atoms with Crippen molar-refractivity contribution in [1.82, 2.24) is 9.55 Å². The second-order valence-corrected chi connectivity index (χ2v) is 13.6. The van der Waals surface area contributed by atoms with Gasteiger partial charge in [-0.2, -0.15) is 0 Å². The summed E-state index contributed by atoms with van der Waals surface area (Å²) < 4.78 is 9.28. The largest absolute Gasteiger partial charge is 0.434 e. The predicted octanol–water partition coefficient (Wildman–Crippen LogP) is 13.5. The maximum atomic E-state index is 6.89. The molecule has 248 valence electrons. The lowest BCUT2D eigenvalue weighted by molar-refractivity contribution is 0.621. The van der Waals surface area contributed by atoms with Gasteiger partial charge in [-0.05, 0) is 81.5 Å². The smallest absolute Gasteiger partial charge is 0.228 e. The molecule has 0 spiro atoms. The minimum atomic E-state index is 0.604. The average molecular weight is 678 g/mol. The Morgan fingerprint density at radius 1 is 0.453 bits per heavy atom. The first-order chi connectivity index (χ1) is 26.3. The van der Waals surface area contributed by atoms with Gasteiger partial charge in [0.15, 0.2) is 5.58 Å². The summed E-state index contributed by atoms with van der Waals surface area (Å²) in [5.41, 5.74) is 8.95. The highest BCUT2D eigenvalue weighted by atomic mass is 16.3. The molecule has 9 aromatic carbocycles. The Morgan fingerprint density at radius 3 is 2.00 bits per heavy atom. The third-order valence-electron chi connectivity index (χ3n) is 10.6. The van der Waals surface area contributed by atoms with Crippen LogP contribution in [0.15, 0.2) is 192 Å². The van der Waals surface area contributed by atoms with Crippen LogP contribution in [0.4, 0.5) is 17.1 Å². The molecule has 0 radical (unpaired) electrons. The van der Waals surface area contributed by atoms with Crippen molar-refractivity contribution >= 4 is 82.3 Å². The fourth-order valence-electron chi connectivity index (χ4n) is 8.21. The summed E-state index contributed by atoms with van der Waals surface area (Å²) in [6.07, 6.45) is 0. The molecule has 0 amide bonds. The Kier molecular flexibility index (Phi) is 6.52. The molecule has 0 aliphatic rings. The van der Waals surface area contributed by atoms with Crippen LogP contribution in [0.1, 0.15) is 0 Å². The minimum Gasteiger partial charge on any atom is -0.434 e. The van der Waals surface area contributed by atoms with Crippen LogP contribution in [-0.2, 0) is 0 Å². The fourth-order valence-corrected chi connectivity index (χ4v) is 8.21. The lowest BCUT2D eigenvalue weighted by atomic mass is 10.00. The number of benzene rings is 9. The Labute approximate surface area is 305 Å². The SMILES string of the molecule is c1ccc(-n2c3ccccc3c3c4ccccc4c(N(c4ccc5ccccc5c4)c4cccc5nc(-c6cccc7ccccc67)oc45)cc32)cc1. The van der Waals surface area contributed by atoms with Crippen LogP contribution in [0.3, 0.4) is 0 Å². The van der Waals surface area contributed by atoms with E-state index in [1.807, 2.05) is 6.07 Å². The van der Waals surface area contributed by atoms with Gasteiger partial charge in [-0.15, -0.1) is 0 Å². The molecule has 0 aliphatic heterocycles. The standard InChI is InChI=1S/C49H31N3O/c1-2-18-35(19-3-1)51-43-26-11-10-23-41(43)47-39-22-9-8-21-38(39)45(31-46(47)51)52(36-29-28-32-14-4-5-16-34(32)30-36)44-27-13-25-42-48(44)53-49(50-42)40-24-12-17-33-15-6-7-20-37(33)40/h1-31H. The molecule has 0 bridgehead atoms. The van der Waals surface area contributed by atoms with Crippen molar-refractivity contribution in [3.63, 3.8) is 0 Å². The number of nitrogens with zero attached hydrogens (tertiary/aromatic N) is 3. The number of hydrogen-bond donors (Lipinski definition) is 0. The summed E-state index contributed by atoms with van der Waals surface area (Å²) in [6.45, 7) is 0. The van der Waals surface area contributed by atoms with Crippen molar-refractivity contribution in [1.29, 1.82) is 0 Å². The van der Waals surface area contributed by atoms with Crippen molar-refractivity contribution in [2.75, 3.05) is 4.90 Å². The second kappa shape index (κ2) is 11.7. The first-order valence-electron chi connectivity index (χ1n) is 18.0. The maximum Gasteiger partial charge on any atom is 0.228 e. The van der Waals surface area contributed by atoms with Crippen molar-refractivity contribution in [3.8, 4) is 17.1 Å². The Hall–Kier alpha value is -7.17. The highest BCUT2D eigenvalue weighted by Crippen LogP contribution is 2.47. The number of anilines is 3. The summed E-state index contributed by atoms with van der Waals surface area (Å²) in [5, 5.41) is 9.42. The third-order valence-corrected chi connectivity index (χ3v) is 10.6. The Balaban J connectivity index is 1.25. The van der Waals surface area contributed by atoms with Gasteiger partial charge in [-0.3, -0.25) is 0 Å². The number of hydrogen-bond acceptors (Lipinski definition) is 3. The van der Waals surface area contributed by atoms with E-state index >= 15 is 0 Å². The van der Waals surface area contributed by atoms with Crippen LogP contribution in [0, 0.1) is 0 Å². The van der Waals surface area contributed by atoms with E-state index in [0.29, 0.717) is 5.89 Å². The van der Waals surface area contributed by atoms with Gasteiger partial charge in [0.05, 0.1) is 22.4 Å². The van der Waals surface area contributed by atoms with E-state index in [1.165, 1.54) is 32.4 Å². The first kappa shape index (κ1) is 29.5. The summed E-state index contributed by atoms with van der Waals surface area (Å²) in [5.74, 6) is 0.604. The topological polar surface area (TPSA) is 34.2 Å². The molecule has 0 saturated heterocycles. The van der Waals surface area contributed by atoms with Crippen LogP contribution >= 0.6 is 0 Å². The molecule has 11 rings (SSSR count). The van der Waals surface area contributed by atoms with E-state index in [1.54, 1.807) is 0 Å². The van der Waals surface area contributed by atoms with Crippen molar-refractivity contribution in [2.45, 2.75) is 0 Å². The predicted molar refractivity (Wildman–Crippen MR) is 221 cm³/mol. The molecule has 4 heteroatoms. The van der Waals surface area contributed by atoms with Gasteiger partial charge in [0.2, 0.25) is 5.89 Å². The van der Waals surface area contributed by atoms with Crippen LogP contribution in [-0.4, -0.2) is 9.55 Å². The lowest BCUT2D eigenvalue weighted by Gasteiger charge is -2.27. The van der Waals surface area contributed by atoms with Gasteiger partial charge in [0.25, 0.3) is 0 Å². The fraction of sp³-hybridized carbons (Fsp3) is 0. The monoisotopic (exact) mass is 677 g/mol. The van der Waals surface area contributed by atoms with Gasteiger partial charge < -0.3 is 13.9 Å². The molecule has 53 heavy (non-hydrogen) atoms. The molecule has 11 aromatic rings. The molecular weight excluding hydrogens is 647 g/mol. The third kappa shape index (κ3) is 4.59. The number of rotatable bonds is 5. The highest BCUT2D eigenvalue weighted by molar-refractivity contribution is 6.25. The van der Waals surface area contributed by atoms with E-state index in [4.69, 9.17) is 9.40 Å². The number of para-hydroxylation sites is 3. The van der Waals surface area contributed by atoms with Crippen molar-refractivity contribution < 1.29 is 4.42 Å². The molecule has 0 fully saturated rings. The quantitative estimate of drug-likeness (QED) is 0.182. The van der Waals surface area contributed by atoms with Crippen LogP contribution in [0.2, 0.25) is 0 Å². The highest BCUT2D eigenvalue weighted by Gasteiger charge is 2.25. The summed E-state index contributed by atoms with van der Waals surface area (Å²) in [4.78, 5) is 7.47. The summed E-state index contributed by atoms with van der Waals surface area (Å²) >= 11 is 0. The van der Waals surface area contributed by atoms with Crippen LogP contribution in [0.5, 0.6) is 0 Å². The number of fused-ring (bicyclic) bond motifs is 8. The summed E-state index contributed by atoms with van der Waals surface area (Å²) in [6, 6.07) is 66.8. The molecular formula is C49H31N3O. The first-order valence-corrected chi connectivity index (χ1v) is 18.0. The van der Waals surface area contributed by atoms with E-state index in [-0.39, 0.29) is 0 Å². The van der Waals surface area contributed by atoms with Gasteiger partial charge in [-0.25, -0.2) is 4.98 Å². The molecule has 2 heterocycles. The van der Waals surface area contributed by atoms with Gasteiger partial charge in [-0.1, -0.05) is 133 Å². The lowest BCUT2D eigenvalue weighted by Crippen LogP contribution is -2.11. The molecule has 0 saturated carbocycles. The van der Waals surface area contributed by atoms with Crippen LogP contribution < -0.4 is 4.90 Å². The minimum absolute atomic E-state index is 0.604.